The number of rotatable bonds is 4. The molecule has 1 heterocycles. The van der Waals surface area contributed by atoms with E-state index in [2.05, 4.69) is 10.6 Å². The molecular formula is C20H17ClN4O3. The maximum absolute atomic E-state index is 12.9. The van der Waals surface area contributed by atoms with Crippen molar-refractivity contribution in [2.24, 2.45) is 0 Å². The fourth-order valence-electron chi connectivity index (χ4n) is 2.99. The summed E-state index contributed by atoms with van der Waals surface area (Å²) in [6, 6.07) is 12.8. The summed E-state index contributed by atoms with van der Waals surface area (Å²) >= 11 is 6.04. The first-order valence-electron chi connectivity index (χ1n) is 8.46. The Labute approximate surface area is 166 Å². The van der Waals surface area contributed by atoms with E-state index in [1.54, 1.807) is 56.3 Å². The van der Waals surface area contributed by atoms with Crippen molar-refractivity contribution >= 4 is 35.1 Å². The number of nitrogens with one attached hydrogen (secondary N) is 2. The second kappa shape index (κ2) is 7.33. The molecule has 142 valence electrons. The van der Waals surface area contributed by atoms with E-state index in [0.717, 1.165) is 4.90 Å². The predicted molar refractivity (Wildman–Crippen MR) is 104 cm³/mol. The first-order chi connectivity index (χ1) is 13.3. The maximum atomic E-state index is 12.9. The number of urea groups is 1. The summed E-state index contributed by atoms with van der Waals surface area (Å²) in [4.78, 5) is 38.5. The van der Waals surface area contributed by atoms with Crippen LogP contribution >= 0.6 is 11.6 Å². The number of benzene rings is 2. The van der Waals surface area contributed by atoms with Gasteiger partial charge in [0.2, 0.25) is 5.91 Å². The molecule has 0 bridgehead atoms. The maximum Gasteiger partial charge on any atom is 0.325 e. The molecule has 1 atom stereocenters. The molecule has 2 aromatic rings. The standard InChI is InChI=1S/C20H17ClN4O3/c1-12-15(21)4-3-5-16(12)23-17(26)11-25-18(27)20(2,24-19(25)28)14-8-6-13(10-22)7-9-14/h3-9H,11H2,1-2H3,(H,23,26)(H,24,28). The highest BCUT2D eigenvalue weighted by Crippen LogP contribution is 2.29. The fraction of sp³-hybridized carbons (Fsp3) is 0.200. The molecule has 2 aromatic carbocycles. The summed E-state index contributed by atoms with van der Waals surface area (Å²) in [5.41, 5.74) is 0.865. The van der Waals surface area contributed by atoms with Crippen LogP contribution in [0.5, 0.6) is 0 Å². The van der Waals surface area contributed by atoms with Crippen molar-refractivity contribution in [3.8, 4) is 6.07 Å². The number of carbonyl (C=O) groups is 3. The van der Waals surface area contributed by atoms with Gasteiger partial charge in [-0.1, -0.05) is 29.8 Å². The number of nitrogens with zero attached hydrogens (tertiary/aromatic N) is 2. The molecule has 0 radical (unpaired) electrons. The summed E-state index contributed by atoms with van der Waals surface area (Å²) in [5.74, 6) is -1.06. The molecule has 1 fully saturated rings. The second-order valence-electron chi connectivity index (χ2n) is 6.60. The van der Waals surface area contributed by atoms with Crippen molar-refractivity contribution in [2.75, 3.05) is 11.9 Å². The molecule has 0 aromatic heterocycles. The average Bonchev–Trinajstić information content (AvgIpc) is 2.89. The van der Waals surface area contributed by atoms with E-state index in [-0.39, 0.29) is 0 Å². The third-order valence-corrected chi connectivity index (χ3v) is 5.12. The highest BCUT2D eigenvalue weighted by molar-refractivity contribution is 6.31. The SMILES string of the molecule is Cc1c(Cl)cccc1NC(=O)CN1C(=O)NC(C)(c2ccc(C#N)cc2)C1=O. The van der Waals surface area contributed by atoms with Crippen molar-refractivity contribution in [3.05, 3.63) is 64.2 Å². The summed E-state index contributed by atoms with van der Waals surface area (Å²) in [7, 11) is 0. The smallest absolute Gasteiger partial charge is 0.324 e. The summed E-state index contributed by atoms with van der Waals surface area (Å²) in [5, 5.41) is 14.7. The van der Waals surface area contributed by atoms with Gasteiger partial charge in [0, 0.05) is 10.7 Å². The molecule has 2 N–H and O–H groups in total. The van der Waals surface area contributed by atoms with Gasteiger partial charge in [-0.3, -0.25) is 14.5 Å². The molecule has 0 spiro atoms. The lowest BCUT2D eigenvalue weighted by Crippen LogP contribution is -2.42. The quantitative estimate of drug-likeness (QED) is 0.775. The van der Waals surface area contributed by atoms with E-state index in [9.17, 15) is 14.4 Å². The van der Waals surface area contributed by atoms with E-state index in [1.807, 2.05) is 6.07 Å². The van der Waals surface area contributed by atoms with E-state index >= 15 is 0 Å². The zero-order valence-electron chi connectivity index (χ0n) is 15.2. The minimum Gasteiger partial charge on any atom is -0.324 e. The zero-order chi connectivity index (χ0) is 20.5. The van der Waals surface area contributed by atoms with Crippen LogP contribution in [0.3, 0.4) is 0 Å². The van der Waals surface area contributed by atoms with Crippen LogP contribution in [0.2, 0.25) is 5.02 Å². The van der Waals surface area contributed by atoms with Crippen molar-refractivity contribution in [3.63, 3.8) is 0 Å². The molecule has 28 heavy (non-hydrogen) atoms. The first-order valence-corrected chi connectivity index (χ1v) is 8.84. The number of carbonyl (C=O) groups excluding carboxylic acids is 3. The molecule has 1 saturated heterocycles. The minimum absolute atomic E-state index is 0.428. The van der Waals surface area contributed by atoms with E-state index in [4.69, 9.17) is 16.9 Å². The Bertz CT molecular complexity index is 1010. The van der Waals surface area contributed by atoms with Crippen LogP contribution in [0, 0.1) is 18.3 Å². The normalized spacial score (nSPS) is 18.6. The lowest BCUT2D eigenvalue weighted by atomic mass is 9.91. The molecule has 0 aliphatic carbocycles. The molecule has 1 aliphatic heterocycles. The Balaban J connectivity index is 1.77. The predicted octanol–water partition coefficient (Wildman–Crippen LogP) is 2.93. The minimum atomic E-state index is -1.31. The third kappa shape index (κ3) is 3.42. The van der Waals surface area contributed by atoms with Crippen LogP contribution in [0.25, 0.3) is 0 Å². The number of halogens is 1. The Hall–Kier alpha value is -3.37. The largest absolute Gasteiger partial charge is 0.325 e. The van der Waals surface area contributed by atoms with Gasteiger partial charge in [0.25, 0.3) is 5.91 Å². The van der Waals surface area contributed by atoms with Crippen molar-refractivity contribution in [1.29, 1.82) is 5.26 Å². The van der Waals surface area contributed by atoms with Gasteiger partial charge in [-0.2, -0.15) is 5.26 Å². The van der Waals surface area contributed by atoms with Gasteiger partial charge in [-0.25, -0.2) is 4.79 Å². The van der Waals surface area contributed by atoms with E-state index < -0.39 is 29.9 Å². The highest BCUT2D eigenvalue weighted by atomic mass is 35.5. The molecule has 4 amide bonds. The van der Waals surface area contributed by atoms with E-state index in [0.29, 0.717) is 27.4 Å². The van der Waals surface area contributed by atoms with Crippen LogP contribution in [-0.4, -0.2) is 29.3 Å². The Kier molecular flexibility index (Phi) is 5.08. The average molecular weight is 397 g/mol. The number of amides is 4. The first kappa shape index (κ1) is 19.4. The van der Waals surface area contributed by atoms with Gasteiger partial charge in [0.05, 0.1) is 11.6 Å². The number of hydrogen-bond donors (Lipinski definition) is 2. The molecule has 1 unspecified atom stereocenters. The Morgan fingerprint density at radius 1 is 1.25 bits per heavy atom. The number of anilines is 1. The molecule has 3 rings (SSSR count). The summed E-state index contributed by atoms with van der Waals surface area (Å²) in [6.45, 7) is 2.89. The molecule has 7 nitrogen and oxygen atoms in total. The summed E-state index contributed by atoms with van der Waals surface area (Å²) < 4.78 is 0. The van der Waals surface area contributed by atoms with Gasteiger partial charge in [0.1, 0.15) is 12.1 Å². The topological polar surface area (TPSA) is 102 Å². The van der Waals surface area contributed by atoms with Gasteiger partial charge >= 0.3 is 6.03 Å². The zero-order valence-corrected chi connectivity index (χ0v) is 16.0. The molecule has 0 saturated carbocycles. The Morgan fingerprint density at radius 2 is 1.93 bits per heavy atom. The van der Waals surface area contributed by atoms with Gasteiger partial charge in [-0.05, 0) is 49.2 Å². The Morgan fingerprint density at radius 3 is 2.57 bits per heavy atom. The molecular weight excluding hydrogens is 380 g/mol. The van der Waals surface area contributed by atoms with E-state index in [1.165, 1.54) is 0 Å². The van der Waals surface area contributed by atoms with Crippen molar-refractivity contribution in [2.45, 2.75) is 19.4 Å². The molecule has 8 heteroatoms. The summed E-state index contributed by atoms with van der Waals surface area (Å²) in [6.07, 6.45) is 0. The second-order valence-corrected chi connectivity index (χ2v) is 7.00. The van der Waals surface area contributed by atoms with Crippen LogP contribution in [0.15, 0.2) is 42.5 Å². The van der Waals surface area contributed by atoms with Crippen LogP contribution < -0.4 is 10.6 Å². The van der Waals surface area contributed by atoms with Crippen LogP contribution in [0.4, 0.5) is 10.5 Å². The number of hydrogen-bond acceptors (Lipinski definition) is 4. The van der Waals surface area contributed by atoms with Crippen molar-refractivity contribution < 1.29 is 14.4 Å². The monoisotopic (exact) mass is 396 g/mol. The molecule has 1 aliphatic rings. The third-order valence-electron chi connectivity index (χ3n) is 4.71. The van der Waals surface area contributed by atoms with Gasteiger partial charge in [0.15, 0.2) is 0 Å². The lowest BCUT2D eigenvalue weighted by molar-refractivity contribution is -0.133. The number of imide groups is 1. The number of nitriles is 1. The lowest BCUT2D eigenvalue weighted by Gasteiger charge is -2.22. The fourth-order valence-corrected chi connectivity index (χ4v) is 3.17. The van der Waals surface area contributed by atoms with Crippen LogP contribution in [0.1, 0.15) is 23.6 Å². The van der Waals surface area contributed by atoms with Gasteiger partial charge in [-0.15, -0.1) is 0 Å². The highest BCUT2D eigenvalue weighted by Gasteiger charge is 2.49. The van der Waals surface area contributed by atoms with Crippen molar-refractivity contribution in [1.82, 2.24) is 10.2 Å². The van der Waals surface area contributed by atoms with Crippen LogP contribution in [-0.2, 0) is 15.1 Å². The van der Waals surface area contributed by atoms with Gasteiger partial charge < -0.3 is 10.6 Å².